The number of rotatable bonds is 2. The van der Waals surface area contributed by atoms with Gasteiger partial charge in [-0.2, -0.15) is 0 Å². The molecule has 1 aromatic carbocycles. The molecule has 0 bridgehead atoms. The molecule has 0 atom stereocenters. The van der Waals surface area contributed by atoms with E-state index >= 15 is 0 Å². The SMILES string of the molecule is CC(=O)N1CCN(c2ccc3nc(C4CCOCC4)n(C)c3c2)CC1. The molecule has 0 unspecified atom stereocenters. The maximum atomic E-state index is 11.5. The second-order valence-corrected chi connectivity index (χ2v) is 7.08. The van der Waals surface area contributed by atoms with Crippen LogP contribution in [0.3, 0.4) is 0 Å². The third-order valence-electron chi connectivity index (χ3n) is 5.58. The number of benzene rings is 1. The summed E-state index contributed by atoms with van der Waals surface area (Å²) in [5, 5.41) is 0. The summed E-state index contributed by atoms with van der Waals surface area (Å²) in [6.45, 7) is 6.68. The Morgan fingerprint density at radius 1 is 1.16 bits per heavy atom. The summed E-state index contributed by atoms with van der Waals surface area (Å²) in [5.74, 6) is 1.84. The van der Waals surface area contributed by atoms with Crippen LogP contribution in [-0.4, -0.2) is 59.8 Å². The number of piperazine rings is 1. The summed E-state index contributed by atoms with van der Waals surface area (Å²) in [5.41, 5.74) is 3.47. The summed E-state index contributed by atoms with van der Waals surface area (Å²) in [6.07, 6.45) is 2.11. The lowest BCUT2D eigenvalue weighted by atomic mass is 9.99. The van der Waals surface area contributed by atoms with Gasteiger partial charge in [0.1, 0.15) is 5.82 Å². The van der Waals surface area contributed by atoms with E-state index in [0.717, 1.165) is 57.8 Å². The van der Waals surface area contributed by atoms with E-state index in [1.54, 1.807) is 6.92 Å². The number of ether oxygens (including phenoxy) is 1. The maximum Gasteiger partial charge on any atom is 0.219 e. The standard InChI is InChI=1S/C19H26N4O2/c1-14(24)22-7-9-23(10-8-22)16-3-4-17-18(13-16)21(2)19(20-17)15-5-11-25-12-6-15/h3-4,13,15H,5-12H2,1-2H3. The highest BCUT2D eigenvalue weighted by molar-refractivity contribution is 5.81. The second kappa shape index (κ2) is 6.67. The fraction of sp³-hybridized carbons (Fsp3) is 0.579. The van der Waals surface area contributed by atoms with Crippen LogP contribution >= 0.6 is 0 Å². The van der Waals surface area contributed by atoms with Crippen molar-refractivity contribution in [1.29, 1.82) is 0 Å². The van der Waals surface area contributed by atoms with Crippen LogP contribution in [0, 0.1) is 0 Å². The fourth-order valence-electron chi connectivity index (χ4n) is 3.99. The number of imidazole rings is 1. The number of hydrogen-bond donors (Lipinski definition) is 0. The van der Waals surface area contributed by atoms with Crippen LogP contribution in [0.1, 0.15) is 31.5 Å². The van der Waals surface area contributed by atoms with E-state index in [2.05, 4.69) is 34.7 Å². The van der Waals surface area contributed by atoms with Gasteiger partial charge >= 0.3 is 0 Å². The number of hydrogen-bond acceptors (Lipinski definition) is 4. The average molecular weight is 342 g/mol. The zero-order chi connectivity index (χ0) is 17.4. The van der Waals surface area contributed by atoms with Crippen LogP contribution in [0.25, 0.3) is 11.0 Å². The highest BCUT2D eigenvalue weighted by atomic mass is 16.5. The first kappa shape index (κ1) is 16.4. The van der Waals surface area contributed by atoms with Gasteiger partial charge in [0.15, 0.2) is 0 Å². The molecule has 2 saturated heterocycles. The monoisotopic (exact) mass is 342 g/mol. The van der Waals surface area contributed by atoms with Crippen molar-refractivity contribution >= 4 is 22.6 Å². The number of amides is 1. The molecule has 1 aromatic heterocycles. The normalized spacial score (nSPS) is 19.6. The number of carbonyl (C=O) groups excluding carboxylic acids is 1. The van der Waals surface area contributed by atoms with Crippen molar-refractivity contribution in [3.05, 3.63) is 24.0 Å². The third kappa shape index (κ3) is 3.11. The predicted molar refractivity (Wildman–Crippen MR) is 98.0 cm³/mol. The van der Waals surface area contributed by atoms with E-state index in [9.17, 15) is 4.79 Å². The van der Waals surface area contributed by atoms with Gasteiger partial charge in [0.05, 0.1) is 11.0 Å². The smallest absolute Gasteiger partial charge is 0.219 e. The lowest BCUT2D eigenvalue weighted by Crippen LogP contribution is -2.48. The Hall–Kier alpha value is -2.08. The zero-order valence-electron chi connectivity index (χ0n) is 15.1. The van der Waals surface area contributed by atoms with Gasteiger partial charge in [0, 0.05) is 65.0 Å². The summed E-state index contributed by atoms with van der Waals surface area (Å²) in [7, 11) is 2.12. The number of aromatic nitrogens is 2. The third-order valence-corrected chi connectivity index (χ3v) is 5.58. The molecule has 2 aliphatic heterocycles. The Balaban J connectivity index is 1.58. The van der Waals surface area contributed by atoms with E-state index < -0.39 is 0 Å². The first-order chi connectivity index (χ1) is 12.1. The van der Waals surface area contributed by atoms with Gasteiger partial charge in [-0.25, -0.2) is 4.98 Å². The van der Waals surface area contributed by atoms with Crippen molar-refractivity contribution in [3.8, 4) is 0 Å². The van der Waals surface area contributed by atoms with Crippen molar-refractivity contribution in [2.24, 2.45) is 7.05 Å². The first-order valence-electron chi connectivity index (χ1n) is 9.18. The van der Waals surface area contributed by atoms with Gasteiger partial charge in [-0.15, -0.1) is 0 Å². The van der Waals surface area contributed by atoms with Crippen molar-refractivity contribution in [2.45, 2.75) is 25.7 Å². The van der Waals surface area contributed by atoms with E-state index in [1.807, 2.05) is 4.90 Å². The van der Waals surface area contributed by atoms with Crippen LogP contribution in [0.5, 0.6) is 0 Å². The summed E-state index contributed by atoms with van der Waals surface area (Å²) in [6, 6.07) is 6.53. The molecule has 0 spiro atoms. The van der Waals surface area contributed by atoms with E-state index in [4.69, 9.17) is 9.72 Å². The van der Waals surface area contributed by atoms with Gasteiger partial charge < -0.3 is 19.1 Å². The first-order valence-corrected chi connectivity index (χ1v) is 9.18. The molecule has 6 heteroatoms. The number of anilines is 1. The molecule has 0 saturated carbocycles. The Morgan fingerprint density at radius 2 is 1.88 bits per heavy atom. The summed E-state index contributed by atoms with van der Waals surface area (Å²) in [4.78, 5) is 20.7. The molecule has 3 heterocycles. The summed E-state index contributed by atoms with van der Waals surface area (Å²) >= 11 is 0. The lowest BCUT2D eigenvalue weighted by molar-refractivity contribution is -0.129. The molecule has 134 valence electrons. The van der Waals surface area contributed by atoms with Crippen LogP contribution in [-0.2, 0) is 16.6 Å². The lowest BCUT2D eigenvalue weighted by Gasteiger charge is -2.35. The van der Waals surface area contributed by atoms with Crippen LogP contribution in [0.2, 0.25) is 0 Å². The highest BCUT2D eigenvalue weighted by Gasteiger charge is 2.23. The number of fused-ring (bicyclic) bond motifs is 1. The summed E-state index contributed by atoms with van der Waals surface area (Å²) < 4.78 is 7.74. The van der Waals surface area contributed by atoms with E-state index in [0.29, 0.717) is 5.92 Å². The quantitative estimate of drug-likeness (QED) is 0.839. The van der Waals surface area contributed by atoms with Crippen LogP contribution < -0.4 is 4.90 Å². The van der Waals surface area contributed by atoms with Crippen LogP contribution in [0.4, 0.5) is 5.69 Å². The van der Waals surface area contributed by atoms with Crippen molar-refractivity contribution in [1.82, 2.24) is 14.5 Å². The Bertz CT molecular complexity index is 771. The highest BCUT2D eigenvalue weighted by Crippen LogP contribution is 2.30. The Labute approximate surface area is 148 Å². The van der Waals surface area contributed by atoms with Gasteiger partial charge in [-0.05, 0) is 31.0 Å². The zero-order valence-corrected chi connectivity index (χ0v) is 15.1. The largest absolute Gasteiger partial charge is 0.381 e. The molecular formula is C19H26N4O2. The molecule has 0 radical (unpaired) electrons. The molecule has 6 nitrogen and oxygen atoms in total. The van der Waals surface area contributed by atoms with E-state index in [-0.39, 0.29) is 5.91 Å². The van der Waals surface area contributed by atoms with Crippen molar-refractivity contribution in [3.63, 3.8) is 0 Å². The minimum absolute atomic E-state index is 0.169. The number of carbonyl (C=O) groups is 1. The minimum Gasteiger partial charge on any atom is -0.381 e. The molecule has 2 aliphatic rings. The molecule has 2 aromatic rings. The molecule has 2 fully saturated rings. The molecule has 25 heavy (non-hydrogen) atoms. The molecule has 1 amide bonds. The molecule has 0 N–H and O–H groups in total. The average Bonchev–Trinajstić information content (AvgIpc) is 2.99. The van der Waals surface area contributed by atoms with Gasteiger partial charge in [-0.1, -0.05) is 0 Å². The van der Waals surface area contributed by atoms with E-state index in [1.165, 1.54) is 17.0 Å². The maximum absolute atomic E-state index is 11.5. The van der Waals surface area contributed by atoms with Gasteiger partial charge in [0.25, 0.3) is 0 Å². The molecule has 0 aliphatic carbocycles. The van der Waals surface area contributed by atoms with Crippen molar-refractivity contribution in [2.75, 3.05) is 44.3 Å². The Kier molecular flexibility index (Phi) is 4.37. The number of aryl methyl sites for hydroxylation is 1. The fourth-order valence-corrected chi connectivity index (χ4v) is 3.99. The second-order valence-electron chi connectivity index (χ2n) is 7.08. The molecule has 4 rings (SSSR count). The topological polar surface area (TPSA) is 50.6 Å². The van der Waals surface area contributed by atoms with Gasteiger partial charge in [-0.3, -0.25) is 4.79 Å². The Morgan fingerprint density at radius 3 is 2.56 bits per heavy atom. The predicted octanol–water partition coefficient (Wildman–Crippen LogP) is 2.14. The van der Waals surface area contributed by atoms with Crippen molar-refractivity contribution < 1.29 is 9.53 Å². The minimum atomic E-state index is 0.169. The molecular weight excluding hydrogens is 316 g/mol. The van der Waals surface area contributed by atoms with Gasteiger partial charge in [0.2, 0.25) is 5.91 Å². The number of nitrogens with zero attached hydrogens (tertiary/aromatic N) is 4. The van der Waals surface area contributed by atoms with Crippen LogP contribution in [0.15, 0.2) is 18.2 Å².